The fourth-order valence-corrected chi connectivity index (χ4v) is 4.44. The smallest absolute Gasteiger partial charge is 0.224 e. The van der Waals surface area contributed by atoms with Crippen LogP contribution in [0.2, 0.25) is 0 Å². The molecule has 2 N–H and O–H groups in total. The average molecular weight is 469 g/mol. The number of nitrogens with zero attached hydrogens (tertiary/aromatic N) is 4. The van der Waals surface area contributed by atoms with Gasteiger partial charge in [-0.2, -0.15) is 0 Å². The van der Waals surface area contributed by atoms with Gasteiger partial charge < -0.3 is 15.5 Å². The minimum atomic E-state index is -0.0332. The molecule has 178 valence electrons. The minimum Gasteiger partial charge on any atom is -0.356 e. The Bertz CT molecular complexity index is 1320. The number of amides is 2. The van der Waals surface area contributed by atoms with E-state index in [1.807, 2.05) is 82.4 Å². The molecule has 1 aliphatic heterocycles. The van der Waals surface area contributed by atoms with Gasteiger partial charge in [-0.1, -0.05) is 36.4 Å². The van der Waals surface area contributed by atoms with Crippen LogP contribution < -0.4 is 10.6 Å². The number of para-hydroxylation sites is 2. The zero-order valence-electron chi connectivity index (χ0n) is 19.5. The number of rotatable bonds is 9. The Hall–Kier alpha value is -4.20. The lowest BCUT2D eigenvalue weighted by Gasteiger charge is -2.15. The molecule has 0 aliphatic carbocycles. The molecule has 2 amide bonds. The first kappa shape index (κ1) is 22.6. The van der Waals surface area contributed by atoms with Gasteiger partial charge in [-0.25, -0.2) is 0 Å². The van der Waals surface area contributed by atoms with Crippen LogP contribution in [0.5, 0.6) is 0 Å². The van der Waals surface area contributed by atoms with Gasteiger partial charge in [0.25, 0.3) is 0 Å². The molecule has 8 nitrogen and oxygen atoms in total. The number of nitrogens with one attached hydrogen (secondary N) is 2. The Morgan fingerprint density at radius 3 is 2.57 bits per heavy atom. The number of hydrogen-bond acceptors (Lipinski definition) is 5. The van der Waals surface area contributed by atoms with Gasteiger partial charge in [0.15, 0.2) is 11.6 Å². The molecule has 5 rings (SSSR count). The predicted octanol–water partition coefficient (Wildman–Crippen LogP) is 3.84. The molecule has 0 atom stereocenters. The highest BCUT2D eigenvalue weighted by atomic mass is 16.2. The molecule has 2 aromatic heterocycles. The molecule has 1 fully saturated rings. The normalized spacial score (nSPS) is 13.4. The van der Waals surface area contributed by atoms with Crippen LogP contribution in [0.25, 0.3) is 16.7 Å². The monoisotopic (exact) mass is 468 g/mol. The zero-order chi connectivity index (χ0) is 24.0. The maximum absolute atomic E-state index is 12.6. The van der Waals surface area contributed by atoms with Crippen molar-refractivity contribution in [2.45, 2.75) is 25.7 Å². The molecule has 35 heavy (non-hydrogen) atoms. The molecule has 0 saturated carbocycles. The summed E-state index contributed by atoms with van der Waals surface area (Å²) in [6, 6.07) is 21.6. The van der Waals surface area contributed by atoms with Crippen molar-refractivity contribution in [2.75, 3.05) is 25.0 Å². The van der Waals surface area contributed by atoms with Crippen molar-refractivity contribution < 1.29 is 9.59 Å². The molecular formula is C27H28N6O2. The summed E-state index contributed by atoms with van der Waals surface area (Å²) in [7, 11) is 0. The van der Waals surface area contributed by atoms with Crippen LogP contribution in [0.1, 0.15) is 24.8 Å². The molecule has 4 aromatic rings. The van der Waals surface area contributed by atoms with Gasteiger partial charge in [0, 0.05) is 43.3 Å². The number of carbonyl (C=O) groups excluding carboxylic acids is 2. The van der Waals surface area contributed by atoms with E-state index in [1.54, 1.807) is 0 Å². The second kappa shape index (κ2) is 10.4. The minimum absolute atomic E-state index is 0.0332. The Balaban J connectivity index is 1.25. The highest BCUT2D eigenvalue weighted by Crippen LogP contribution is 2.25. The largest absolute Gasteiger partial charge is 0.356 e. The predicted molar refractivity (Wildman–Crippen MR) is 136 cm³/mol. The molecule has 0 unspecified atom stereocenters. The Labute approximate surface area is 204 Å². The number of carbonyl (C=O) groups is 2. The summed E-state index contributed by atoms with van der Waals surface area (Å²) in [6.45, 7) is 2.09. The maximum Gasteiger partial charge on any atom is 0.224 e. The molecule has 1 saturated heterocycles. The summed E-state index contributed by atoms with van der Waals surface area (Å²) in [5.74, 6) is 1.53. The van der Waals surface area contributed by atoms with Gasteiger partial charge in [-0.05, 0) is 48.7 Å². The van der Waals surface area contributed by atoms with E-state index in [4.69, 9.17) is 0 Å². The molecule has 0 spiro atoms. The molecule has 0 bridgehead atoms. The van der Waals surface area contributed by atoms with Crippen molar-refractivity contribution >= 4 is 34.2 Å². The summed E-state index contributed by atoms with van der Waals surface area (Å²) < 4.78 is 1.97. The van der Waals surface area contributed by atoms with Crippen LogP contribution in [0.4, 0.5) is 11.5 Å². The second-order valence-corrected chi connectivity index (χ2v) is 8.67. The fraction of sp³-hybridized carbons (Fsp3) is 0.259. The first-order valence-electron chi connectivity index (χ1n) is 12.0. The lowest BCUT2D eigenvalue weighted by atomic mass is 10.1. The lowest BCUT2D eigenvalue weighted by molar-refractivity contribution is -0.127. The van der Waals surface area contributed by atoms with E-state index in [2.05, 4.69) is 20.8 Å². The highest BCUT2D eigenvalue weighted by Gasteiger charge is 2.19. The van der Waals surface area contributed by atoms with E-state index < -0.39 is 0 Å². The van der Waals surface area contributed by atoms with E-state index >= 15 is 0 Å². The summed E-state index contributed by atoms with van der Waals surface area (Å²) >= 11 is 0. The van der Waals surface area contributed by atoms with Gasteiger partial charge in [0.1, 0.15) is 0 Å². The Morgan fingerprint density at radius 2 is 1.80 bits per heavy atom. The van der Waals surface area contributed by atoms with Gasteiger partial charge in [0.2, 0.25) is 11.8 Å². The van der Waals surface area contributed by atoms with Crippen molar-refractivity contribution in [3.63, 3.8) is 0 Å². The van der Waals surface area contributed by atoms with E-state index in [9.17, 15) is 9.59 Å². The van der Waals surface area contributed by atoms with Crippen LogP contribution in [-0.2, 0) is 16.0 Å². The molecule has 0 radical (unpaired) electrons. The van der Waals surface area contributed by atoms with E-state index in [-0.39, 0.29) is 18.2 Å². The highest BCUT2D eigenvalue weighted by molar-refractivity contribution is 5.90. The van der Waals surface area contributed by atoms with Crippen molar-refractivity contribution in [3.05, 3.63) is 78.5 Å². The topological polar surface area (TPSA) is 92.2 Å². The Kier molecular flexibility index (Phi) is 6.70. The SMILES string of the molecule is O=C(Cc1cn(-c2ccc(Nc3ccccc3)nn2)c2ccccc12)NCCCN1CCCC1=O. The van der Waals surface area contributed by atoms with Crippen LogP contribution in [0, 0.1) is 0 Å². The summed E-state index contributed by atoms with van der Waals surface area (Å²) in [6.07, 6.45) is 4.58. The van der Waals surface area contributed by atoms with Crippen LogP contribution in [0.15, 0.2) is 72.9 Å². The van der Waals surface area contributed by atoms with Crippen molar-refractivity contribution in [3.8, 4) is 5.82 Å². The van der Waals surface area contributed by atoms with Gasteiger partial charge in [-0.15, -0.1) is 10.2 Å². The first-order chi connectivity index (χ1) is 17.2. The van der Waals surface area contributed by atoms with E-state index in [1.165, 1.54) is 0 Å². The third-order valence-electron chi connectivity index (χ3n) is 6.19. The number of hydrogen-bond donors (Lipinski definition) is 2. The first-order valence-corrected chi connectivity index (χ1v) is 12.0. The summed E-state index contributed by atoms with van der Waals surface area (Å²) in [5.41, 5.74) is 2.85. The van der Waals surface area contributed by atoms with Crippen molar-refractivity contribution in [2.24, 2.45) is 0 Å². The summed E-state index contributed by atoms with van der Waals surface area (Å²) in [4.78, 5) is 26.2. The van der Waals surface area contributed by atoms with Gasteiger partial charge in [-0.3, -0.25) is 14.2 Å². The molecule has 1 aliphatic rings. The number of anilines is 2. The number of fused-ring (bicyclic) bond motifs is 1. The van der Waals surface area contributed by atoms with Crippen LogP contribution in [0.3, 0.4) is 0 Å². The Morgan fingerprint density at radius 1 is 0.971 bits per heavy atom. The van der Waals surface area contributed by atoms with Crippen molar-refractivity contribution in [1.82, 2.24) is 25.0 Å². The van der Waals surface area contributed by atoms with Gasteiger partial charge in [0.05, 0.1) is 11.9 Å². The molecule has 2 aromatic carbocycles. The van der Waals surface area contributed by atoms with Crippen LogP contribution >= 0.6 is 0 Å². The average Bonchev–Trinajstić information content (AvgIpc) is 3.46. The quantitative estimate of drug-likeness (QED) is 0.364. The standard InChI is InChI=1S/C27H28N6O2/c34-26(28-15-7-17-32-16-6-12-27(32)35)18-20-19-33(23-11-5-4-10-22(20)23)25-14-13-24(30-31-25)29-21-8-2-1-3-9-21/h1-5,8-11,13-14,19H,6-7,12,15-18H2,(H,28,34)(H,29,30). The summed E-state index contributed by atoms with van der Waals surface area (Å²) in [5, 5.41) is 16.0. The van der Waals surface area contributed by atoms with E-state index in [0.717, 1.165) is 41.5 Å². The van der Waals surface area contributed by atoms with E-state index in [0.29, 0.717) is 31.1 Å². The maximum atomic E-state index is 12.6. The molecule has 8 heteroatoms. The number of benzene rings is 2. The molecule has 3 heterocycles. The van der Waals surface area contributed by atoms with Gasteiger partial charge >= 0.3 is 0 Å². The third-order valence-corrected chi connectivity index (χ3v) is 6.19. The molecular weight excluding hydrogens is 440 g/mol. The second-order valence-electron chi connectivity index (χ2n) is 8.67. The number of likely N-dealkylation sites (tertiary alicyclic amines) is 1. The fourth-order valence-electron chi connectivity index (χ4n) is 4.44. The van der Waals surface area contributed by atoms with Crippen molar-refractivity contribution in [1.29, 1.82) is 0 Å². The number of aromatic nitrogens is 3. The van der Waals surface area contributed by atoms with Crippen LogP contribution in [-0.4, -0.2) is 51.1 Å². The zero-order valence-corrected chi connectivity index (χ0v) is 19.5. The lowest BCUT2D eigenvalue weighted by Crippen LogP contribution is -2.31. The third kappa shape index (κ3) is 5.32.